The Balaban J connectivity index is 1.99. The van der Waals surface area contributed by atoms with E-state index < -0.39 is 0 Å². The summed E-state index contributed by atoms with van der Waals surface area (Å²) in [6.07, 6.45) is 2.51. The van der Waals surface area contributed by atoms with Crippen molar-refractivity contribution in [2.24, 2.45) is 11.8 Å². The molecule has 1 aromatic carbocycles. The first kappa shape index (κ1) is 16.8. The summed E-state index contributed by atoms with van der Waals surface area (Å²) < 4.78 is 0. The van der Waals surface area contributed by atoms with Crippen LogP contribution in [0.3, 0.4) is 0 Å². The third-order valence-electron chi connectivity index (χ3n) is 4.77. The second-order valence-electron chi connectivity index (χ2n) is 6.47. The number of hydrogen-bond donors (Lipinski definition) is 2. The van der Waals surface area contributed by atoms with Gasteiger partial charge in [-0.1, -0.05) is 44.2 Å². The lowest BCUT2D eigenvalue weighted by Gasteiger charge is -2.36. The van der Waals surface area contributed by atoms with Crippen LogP contribution in [0, 0.1) is 11.8 Å². The first-order chi connectivity index (χ1) is 10.6. The summed E-state index contributed by atoms with van der Waals surface area (Å²) in [5, 5.41) is 12.2. The molecule has 122 valence electrons. The highest BCUT2D eigenvalue weighted by Gasteiger charge is 2.27. The van der Waals surface area contributed by atoms with Crippen LogP contribution in [0.1, 0.15) is 44.7 Å². The zero-order valence-electron chi connectivity index (χ0n) is 13.7. The van der Waals surface area contributed by atoms with Gasteiger partial charge in [0, 0.05) is 19.7 Å². The predicted molar refractivity (Wildman–Crippen MR) is 88.6 cm³/mol. The molecule has 3 unspecified atom stereocenters. The first-order valence-electron chi connectivity index (χ1n) is 8.33. The molecule has 1 heterocycles. The van der Waals surface area contributed by atoms with E-state index in [2.05, 4.69) is 19.2 Å². The highest BCUT2D eigenvalue weighted by molar-refractivity contribution is 5.74. The average molecular weight is 304 g/mol. The second kappa shape index (κ2) is 8.18. The zero-order valence-corrected chi connectivity index (χ0v) is 13.7. The molecule has 0 aliphatic carbocycles. The summed E-state index contributed by atoms with van der Waals surface area (Å²) in [5.41, 5.74) is 1.10. The predicted octanol–water partition coefficient (Wildman–Crippen LogP) is 3.19. The number of aliphatic hydroxyl groups is 1. The van der Waals surface area contributed by atoms with Gasteiger partial charge in [-0.3, -0.25) is 0 Å². The fraction of sp³-hybridized carbons (Fsp3) is 0.611. The van der Waals surface area contributed by atoms with Crippen molar-refractivity contribution in [1.29, 1.82) is 0 Å². The minimum absolute atomic E-state index is 0.0190. The third kappa shape index (κ3) is 4.47. The number of carbonyl (C=O) groups excluding carboxylic acids is 1. The molecule has 0 spiro atoms. The number of piperidine rings is 1. The summed E-state index contributed by atoms with van der Waals surface area (Å²) in [6, 6.07) is 9.99. The van der Waals surface area contributed by atoms with Crippen LogP contribution in [0.5, 0.6) is 0 Å². The van der Waals surface area contributed by atoms with E-state index in [9.17, 15) is 4.79 Å². The van der Waals surface area contributed by atoms with E-state index in [1.807, 2.05) is 35.2 Å². The van der Waals surface area contributed by atoms with Gasteiger partial charge in [-0.05, 0) is 36.7 Å². The van der Waals surface area contributed by atoms with Crippen molar-refractivity contribution < 1.29 is 9.90 Å². The van der Waals surface area contributed by atoms with Crippen molar-refractivity contribution in [3.05, 3.63) is 35.9 Å². The van der Waals surface area contributed by atoms with Gasteiger partial charge in [-0.25, -0.2) is 4.79 Å². The molecule has 4 nitrogen and oxygen atoms in total. The number of carbonyl (C=O) groups is 1. The molecule has 1 aliphatic rings. The normalized spacial score (nSPS) is 23.1. The van der Waals surface area contributed by atoms with Gasteiger partial charge in [0.2, 0.25) is 0 Å². The summed E-state index contributed by atoms with van der Waals surface area (Å²) in [4.78, 5) is 14.5. The average Bonchev–Trinajstić information content (AvgIpc) is 2.54. The van der Waals surface area contributed by atoms with Crippen molar-refractivity contribution in [3.8, 4) is 0 Å². The van der Waals surface area contributed by atoms with E-state index in [0.717, 1.165) is 31.5 Å². The van der Waals surface area contributed by atoms with E-state index in [1.165, 1.54) is 0 Å². The van der Waals surface area contributed by atoms with Crippen LogP contribution in [-0.2, 0) is 0 Å². The van der Waals surface area contributed by atoms with Crippen LogP contribution in [-0.4, -0.2) is 35.7 Å². The largest absolute Gasteiger partial charge is 0.396 e. The molecule has 2 N–H and O–H groups in total. The molecule has 1 aromatic rings. The molecule has 1 aliphatic heterocycles. The van der Waals surface area contributed by atoms with Crippen molar-refractivity contribution in [3.63, 3.8) is 0 Å². The van der Waals surface area contributed by atoms with Gasteiger partial charge >= 0.3 is 6.03 Å². The van der Waals surface area contributed by atoms with Gasteiger partial charge < -0.3 is 15.3 Å². The van der Waals surface area contributed by atoms with Gasteiger partial charge in [0.1, 0.15) is 0 Å². The number of nitrogens with one attached hydrogen (secondary N) is 1. The van der Waals surface area contributed by atoms with E-state index in [4.69, 9.17) is 5.11 Å². The quantitative estimate of drug-likeness (QED) is 0.878. The second-order valence-corrected chi connectivity index (χ2v) is 6.47. The maximum atomic E-state index is 12.5. The van der Waals surface area contributed by atoms with Gasteiger partial charge in [-0.2, -0.15) is 0 Å². The molecule has 0 bridgehead atoms. The minimum Gasteiger partial charge on any atom is -0.396 e. The number of likely N-dealkylation sites (tertiary alicyclic amines) is 1. The molecular formula is C18H28N2O2. The molecule has 4 heteroatoms. The fourth-order valence-electron chi connectivity index (χ4n) is 2.99. The lowest BCUT2D eigenvalue weighted by molar-refractivity contribution is 0.141. The van der Waals surface area contributed by atoms with Crippen molar-refractivity contribution in [1.82, 2.24) is 10.2 Å². The Kier molecular flexibility index (Phi) is 6.25. The monoisotopic (exact) mass is 304 g/mol. The number of rotatable bonds is 5. The molecule has 0 saturated carbocycles. The number of aliphatic hydroxyl groups excluding tert-OH is 1. The molecule has 2 rings (SSSR count). The van der Waals surface area contributed by atoms with Crippen LogP contribution in [0.4, 0.5) is 4.79 Å². The number of benzene rings is 1. The Labute approximate surface area is 133 Å². The molecule has 0 radical (unpaired) electrons. The number of amides is 2. The Morgan fingerprint density at radius 1 is 1.32 bits per heavy atom. The standard InChI is InChI=1S/C18H28N2O2/c1-14-10-11-20(13-15(14)2)18(22)19-17(9-6-12-21)16-7-4-3-5-8-16/h3-5,7-8,14-15,17,21H,6,9-13H2,1-2H3,(H,19,22). The SMILES string of the molecule is CC1CCN(C(=O)NC(CCCO)c2ccccc2)CC1C. The van der Waals surface area contributed by atoms with Crippen molar-refractivity contribution in [2.75, 3.05) is 19.7 Å². The molecule has 0 aromatic heterocycles. The molecule has 1 fully saturated rings. The van der Waals surface area contributed by atoms with Gasteiger partial charge in [0.25, 0.3) is 0 Å². The topological polar surface area (TPSA) is 52.6 Å². The highest BCUT2D eigenvalue weighted by atomic mass is 16.3. The van der Waals surface area contributed by atoms with Crippen LogP contribution in [0.15, 0.2) is 30.3 Å². The van der Waals surface area contributed by atoms with E-state index in [0.29, 0.717) is 18.3 Å². The zero-order chi connectivity index (χ0) is 15.9. The van der Waals surface area contributed by atoms with Crippen molar-refractivity contribution in [2.45, 2.75) is 39.2 Å². The Bertz CT molecular complexity index is 463. The smallest absolute Gasteiger partial charge is 0.317 e. The highest BCUT2D eigenvalue weighted by Crippen LogP contribution is 2.24. The maximum Gasteiger partial charge on any atom is 0.317 e. The molecule has 3 atom stereocenters. The Morgan fingerprint density at radius 2 is 2.05 bits per heavy atom. The van der Waals surface area contributed by atoms with E-state index >= 15 is 0 Å². The maximum absolute atomic E-state index is 12.5. The number of hydrogen-bond acceptors (Lipinski definition) is 2. The summed E-state index contributed by atoms with van der Waals surface area (Å²) in [7, 11) is 0. The number of urea groups is 1. The van der Waals surface area contributed by atoms with Crippen LogP contribution in [0.2, 0.25) is 0 Å². The summed E-state index contributed by atoms with van der Waals surface area (Å²) in [5.74, 6) is 1.23. The van der Waals surface area contributed by atoms with Crippen molar-refractivity contribution >= 4 is 6.03 Å². The fourth-order valence-corrected chi connectivity index (χ4v) is 2.99. The van der Waals surface area contributed by atoms with Crippen LogP contribution >= 0.6 is 0 Å². The van der Waals surface area contributed by atoms with Gasteiger partial charge in [0.15, 0.2) is 0 Å². The van der Waals surface area contributed by atoms with Gasteiger partial charge in [0.05, 0.1) is 6.04 Å². The minimum atomic E-state index is -0.0319. The lowest BCUT2D eigenvalue weighted by atomic mass is 9.89. The molecule has 22 heavy (non-hydrogen) atoms. The molecule has 2 amide bonds. The van der Waals surface area contributed by atoms with Crippen LogP contribution in [0.25, 0.3) is 0 Å². The van der Waals surface area contributed by atoms with E-state index in [-0.39, 0.29) is 18.7 Å². The van der Waals surface area contributed by atoms with Gasteiger partial charge in [-0.15, -0.1) is 0 Å². The number of nitrogens with zero attached hydrogens (tertiary/aromatic N) is 1. The third-order valence-corrected chi connectivity index (χ3v) is 4.77. The molecular weight excluding hydrogens is 276 g/mol. The Hall–Kier alpha value is -1.55. The summed E-state index contributed by atoms with van der Waals surface area (Å²) >= 11 is 0. The Morgan fingerprint density at radius 3 is 2.68 bits per heavy atom. The van der Waals surface area contributed by atoms with Crippen LogP contribution < -0.4 is 5.32 Å². The first-order valence-corrected chi connectivity index (χ1v) is 8.33. The molecule has 1 saturated heterocycles. The summed E-state index contributed by atoms with van der Waals surface area (Å²) in [6.45, 7) is 6.28. The lowest BCUT2D eigenvalue weighted by Crippen LogP contribution is -2.47. The van der Waals surface area contributed by atoms with E-state index in [1.54, 1.807) is 0 Å².